The molecule has 192 valence electrons. The third-order valence-electron chi connectivity index (χ3n) is 5.50. The second-order valence-electron chi connectivity index (χ2n) is 8.29. The molecule has 0 saturated carbocycles. The van der Waals surface area contributed by atoms with Crippen LogP contribution >= 0.6 is 0 Å². The third-order valence-corrected chi connectivity index (χ3v) is 5.50. The molecular formula is C23H20F3N7O4. The van der Waals surface area contributed by atoms with Gasteiger partial charge in [0.2, 0.25) is 5.91 Å². The molecule has 14 heteroatoms. The summed E-state index contributed by atoms with van der Waals surface area (Å²) in [7, 11) is 1.39. The monoisotopic (exact) mass is 515 g/mol. The number of amides is 1. The zero-order valence-electron chi connectivity index (χ0n) is 19.8. The molecule has 0 atom stereocenters. The Bertz CT molecular complexity index is 1670. The van der Waals surface area contributed by atoms with Gasteiger partial charge in [-0.25, -0.2) is 14.8 Å². The summed E-state index contributed by atoms with van der Waals surface area (Å²) >= 11 is 0. The van der Waals surface area contributed by atoms with Crippen LogP contribution in [0.1, 0.15) is 18.2 Å². The van der Waals surface area contributed by atoms with Crippen molar-refractivity contribution < 1.29 is 22.8 Å². The number of rotatable bonds is 6. The molecule has 4 heterocycles. The normalized spacial score (nSPS) is 11.6. The van der Waals surface area contributed by atoms with E-state index in [2.05, 4.69) is 20.3 Å². The Labute approximate surface area is 206 Å². The molecule has 0 bridgehead atoms. The Morgan fingerprint density at radius 1 is 1.11 bits per heavy atom. The van der Waals surface area contributed by atoms with Crippen LogP contribution < -0.4 is 16.6 Å². The van der Waals surface area contributed by atoms with Crippen molar-refractivity contribution >= 4 is 28.7 Å². The summed E-state index contributed by atoms with van der Waals surface area (Å²) in [6.45, 7) is 1.67. The number of nitrogens with zero attached hydrogens (tertiary/aromatic N) is 6. The molecular weight excluding hydrogens is 495 g/mol. The predicted octanol–water partition coefficient (Wildman–Crippen LogP) is 1.91. The molecule has 0 aliphatic heterocycles. The summed E-state index contributed by atoms with van der Waals surface area (Å²) < 4.78 is 42.9. The summed E-state index contributed by atoms with van der Waals surface area (Å²) in [6.07, 6.45) is -2.12. The van der Waals surface area contributed by atoms with E-state index in [-0.39, 0.29) is 40.5 Å². The lowest BCUT2D eigenvalue weighted by Gasteiger charge is -2.12. The number of carbonyl (C=O) groups is 2. The Balaban J connectivity index is 1.62. The standard InChI is InChI=1S/C23H20F3N7O4/c1-12(34)9-33-21(36)19-20(31(3)22(33)37)28-11-32(19)10-18(35)30-17-6-4-5-16(29-17)14-7-15(23(24,25)26)13(2)27-8-14/h4-8,11H,9-10H2,1-3H3,(H,29,30,35). The molecule has 4 aromatic rings. The Morgan fingerprint density at radius 3 is 2.51 bits per heavy atom. The smallest absolute Gasteiger partial charge is 0.315 e. The van der Waals surface area contributed by atoms with Crippen LogP contribution in [0, 0.1) is 6.92 Å². The number of aromatic nitrogens is 6. The van der Waals surface area contributed by atoms with Crippen LogP contribution in [0.25, 0.3) is 22.4 Å². The molecule has 37 heavy (non-hydrogen) atoms. The second-order valence-corrected chi connectivity index (χ2v) is 8.29. The van der Waals surface area contributed by atoms with Crippen molar-refractivity contribution in [3.63, 3.8) is 0 Å². The highest BCUT2D eigenvalue weighted by molar-refractivity contribution is 5.90. The van der Waals surface area contributed by atoms with Gasteiger partial charge in [0, 0.05) is 24.5 Å². The molecule has 0 unspecified atom stereocenters. The molecule has 11 nitrogen and oxygen atoms in total. The van der Waals surface area contributed by atoms with Gasteiger partial charge >= 0.3 is 11.9 Å². The van der Waals surface area contributed by atoms with Crippen molar-refractivity contribution in [2.75, 3.05) is 5.32 Å². The van der Waals surface area contributed by atoms with Gasteiger partial charge in [-0.3, -0.25) is 28.5 Å². The van der Waals surface area contributed by atoms with E-state index < -0.39 is 41.2 Å². The number of halogens is 3. The van der Waals surface area contributed by atoms with Gasteiger partial charge in [-0.15, -0.1) is 0 Å². The number of fused-ring (bicyclic) bond motifs is 1. The quantitative estimate of drug-likeness (QED) is 0.415. The fourth-order valence-corrected chi connectivity index (χ4v) is 3.77. The number of pyridine rings is 2. The summed E-state index contributed by atoms with van der Waals surface area (Å²) in [4.78, 5) is 61.6. The van der Waals surface area contributed by atoms with Crippen LogP contribution in [0.2, 0.25) is 0 Å². The van der Waals surface area contributed by atoms with Crippen molar-refractivity contribution in [2.45, 2.75) is 33.1 Å². The van der Waals surface area contributed by atoms with E-state index in [4.69, 9.17) is 0 Å². The first-order chi connectivity index (χ1) is 17.4. The van der Waals surface area contributed by atoms with E-state index in [0.29, 0.717) is 0 Å². The average molecular weight is 515 g/mol. The van der Waals surface area contributed by atoms with Crippen LogP contribution in [-0.2, 0) is 35.9 Å². The number of carbonyl (C=O) groups excluding carboxylic acids is 2. The maximum atomic E-state index is 13.3. The lowest BCUT2D eigenvalue weighted by Crippen LogP contribution is -2.41. The molecule has 0 aliphatic rings. The predicted molar refractivity (Wildman–Crippen MR) is 126 cm³/mol. The van der Waals surface area contributed by atoms with Gasteiger partial charge in [0.1, 0.15) is 18.1 Å². The molecule has 0 aromatic carbocycles. The number of nitrogens with one attached hydrogen (secondary N) is 1. The largest absolute Gasteiger partial charge is 0.418 e. The van der Waals surface area contributed by atoms with Crippen LogP contribution in [0.5, 0.6) is 0 Å². The maximum absolute atomic E-state index is 13.3. The average Bonchev–Trinajstić information content (AvgIpc) is 3.23. The van der Waals surface area contributed by atoms with Gasteiger partial charge in [-0.05, 0) is 32.0 Å². The Hall–Kier alpha value is -4.62. The molecule has 4 aromatic heterocycles. The fourth-order valence-electron chi connectivity index (χ4n) is 3.77. The maximum Gasteiger partial charge on any atom is 0.418 e. The molecule has 4 rings (SSSR count). The van der Waals surface area contributed by atoms with Gasteiger partial charge in [0.15, 0.2) is 11.2 Å². The fraction of sp³-hybridized carbons (Fsp3) is 0.261. The Kier molecular flexibility index (Phi) is 6.50. The molecule has 0 aliphatic carbocycles. The minimum Gasteiger partial charge on any atom is -0.315 e. The van der Waals surface area contributed by atoms with Crippen LogP contribution in [0.3, 0.4) is 0 Å². The minimum atomic E-state index is -4.58. The molecule has 1 amide bonds. The van der Waals surface area contributed by atoms with Crippen molar-refractivity contribution in [2.24, 2.45) is 7.05 Å². The molecule has 0 spiro atoms. The SMILES string of the molecule is CC(=O)Cn1c(=O)c2c(ncn2CC(=O)Nc2cccc(-c3cnc(C)c(C(F)(F)F)c3)n2)n(C)c1=O. The van der Waals surface area contributed by atoms with E-state index in [1.165, 1.54) is 56.2 Å². The van der Waals surface area contributed by atoms with Crippen molar-refractivity contribution in [1.82, 2.24) is 28.7 Å². The van der Waals surface area contributed by atoms with E-state index in [0.717, 1.165) is 15.2 Å². The first kappa shape index (κ1) is 25.5. The highest BCUT2D eigenvalue weighted by Gasteiger charge is 2.33. The number of hydrogen-bond donors (Lipinski definition) is 1. The minimum absolute atomic E-state index is 0.0371. The highest BCUT2D eigenvalue weighted by Crippen LogP contribution is 2.33. The zero-order valence-corrected chi connectivity index (χ0v) is 19.8. The van der Waals surface area contributed by atoms with E-state index >= 15 is 0 Å². The van der Waals surface area contributed by atoms with Gasteiger partial charge in [0.25, 0.3) is 5.56 Å². The number of alkyl halides is 3. The topological polar surface area (TPSA) is 134 Å². The summed E-state index contributed by atoms with van der Waals surface area (Å²) in [5, 5.41) is 2.53. The number of aryl methyl sites for hydroxylation is 2. The van der Waals surface area contributed by atoms with Crippen molar-refractivity contribution in [3.05, 3.63) is 68.9 Å². The van der Waals surface area contributed by atoms with Gasteiger partial charge in [0.05, 0.1) is 24.1 Å². The molecule has 0 fully saturated rings. The van der Waals surface area contributed by atoms with E-state index in [1.807, 2.05) is 0 Å². The van der Waals surface area contributed by atoms with E-state index in [9.17, 15) is 32.3 Å². The number of hydrogen-bond acceptors (Lipinski definition) is 7. The lowest BCUT2D eigenvalue weighted by atomic mass is 10.1. The van der Waals surface area contributed by atoms with Gasteiger partial charge in [-0.1, -0.05) is 6.07 Å². The van der Waals surface area contributed by atoms with Crippen LogP contribution in [0.4, 0.5) is 19.0 Å². The van der Waals surface area contributed by atoms with Gasteiger partial charge < -0.3 is 9.88 Å². The van der Waals surface area contributed by atoms with Gasteiger partial charge in [-0.2, -0.15) is 13.2 Å². The van der Waals surface area contributed by atoms with Crippen LogP contribution in [0.15, 0.2) is 46.4 Å². The summed E-state index contributed by atoms with van der Waals surface area (Å²) in [5.41, 5.74) is -2.30. The number of anilines is 1. The number of ketones is 1. The number of Topliss-reactive ketones (excluding diaryl/α,β-unsaturated/α-hetero) is 1. The lowest BCUT2D eigenvalue weighted by molar-refractivity contribution is -0.138. The zero-order chi connectivity index (χ0) is 27.1. The van der Waals surface area contributed by atoms with Crippen molar-refractivity contribution in [3.8, 4) is 11.3 Å². The third kappa shape index (κ3) is 5.03. The highest BCUT2D eigenvalue weighted by atomic mass is 19.4. The Morgan fingerprint density at radius 2 is 1.84 bits per heavy atom. The first-order valence-electron chi connectivity index (χ1n) is 10.8. The van der Waals surface area contributed by atoms with E-state index in [1.54, 1.807) is 0 Å². The molecule has 1 N–H and O–H groups in total. The van der Waals surface area contributed by atoms with Crippen molar-refractivity contribution in [1.29, 1.82) is 0 Å². The second kappa shape index (κ2) is 9.44. The molecule has 0 radical (unpaired) electrons. The molecule has 0 saturated heterocycles. The van der Waals surface area contributed by atoms with Crippen LogP contribution in [-0.4, -0.2) is 40.3 Å². The summed E-state index contributed by atoms with van der Waals surface area (Å²) in [6, 6.07) is 5.37. The first-order valence-corrected chi connectivity index (χ1v) is 10.8. The summed E-state index contributed by atoms with van der Waals surface area (Å²) in [5.74, 6) is -0.963. The number of imidazole rings is 1.